The van der Waals surface area contributed by atoms with E-state index in [1.54, 1.807) is 11.3 Å². The highest BCUT2D eigenvalue weighted by Gasteiger charge is 2.30. The first-order valence-electron chi connectivity index (χ1n) is 6.14. The molecule has 0 saturated carbocycles. The van der Waals surface area contributed by atoms with Crippen LogP contribution < -0.4 is 0 Å². The maximum absolute atomic E-state index is 12.5. The molecule has 0 nitrogen and oxygen atoms in total. The van der Waals surface area contributed by atoms with Crippen LogP contribution in [0.15, 0.2) is 30.3 Å². The molecule has 108 valence electrons. The Hall–Kier alpha value is -1.00. The van der Waals surface area contributed by atoms with Crippen LogP contribution in [0.25, 0.3) is 0 Å². The van der Waals surface area contributed by atoms with Crippen molar-refractivity contribution in [3.8, 4) is 0 Å². The summed E-state index contributed by atoms with van der Waals surface area (Å²) in [5, 5.41) is -0.211. The average Bonchev–Trinajstić information content (AvgIpc) is 2.68. The van der Waals surface area contributed by atoms with Gasteiger partial charge < -0.3 is 0 Å². The SMILES string of the molecule is Cc1cc(C(Cl)Cc2ccc(C(F)(F)F)cc2)c(C)s1. The fourth-order valence-electron chi connectivity index (χ4n) is 2.11. The molecule has 1 aromatic heterocycles. The number of rotatable bonds is 3. The Morgan fingerprint density at radius 3 is 2.20 bits per heavy atom. The van der Waals surface area contributed by atoms with Crippen molar-refractivity contribution in [1.29, 1.82) is 0 Å². The number of aryl methyl sites for hydroxylation is 2. The summed E-state index contributed by atoms with van der Waals surface area (Å²) in [6.07, 6.45) is -3.77. The maximum atomic E-state index is 12.5. The lowest BCUT2D eigenvalue weighted by molar-refractivity contribution is -0.137. The van der Waals surface area contributed by atoms with E-state index < -0.39 is 11.7 Å². The predicted octanol–water partition coefficient (Wildman–Crippen LogP) is 5.91. The second-order valence-electron chi connectivity index (χ2n) is 4.73. The van der Waals surface area contributed by atoms with E-state index in [2.05, 4.69) is 0 Å². The van der Waals surface area contributed by atoms with Crippen molar-refractivity contribution < 1.29 is 13.2 Å². The predicted molar refractivity (Wildman–Crippen MR) is 77.5 cm³/mol. The van der Waals surface area contributed by atoms with Crippen molar-refractivity contribution in [3.63, 3.8) is 0 Å². The summed E-state index contributed by atoms with van der Waals surface area (Å²) in [6, 6.07) is 7.23. The zero-order valence-electron chi connectivity index (χ0n) is 11.1. The molecule has 0 spiro atoms. The van der Waals surface area contributed by atoms with Gasteiger partial charge >= 0.3 is 6.18 Å². The van der Waals surface area contributed by atoms with Crippen molar-refractivity contribution in [1.82, 2.24) is 0 Å². The molecule has 2 aromatic rings. The van der Waals surface area contributed by atoms with Crippen LogP contribution in [0.2, 0.25) is 0 Å². The van der Waals surface area contributed by atoms with E-state index in [0.717, 1.165) is 28.1 Å². The zero-order valence-corrected chi connectivity index (χ0v) is 12.7. The largest absolute Gasteiger partial charge is 0.416 e. The van der Waals surface area contributed by atoms with E-state index in [-0.39, 0.29) is 5.38 Å². The highest BCUT2D eigenvalue weighted by atomic mass is 35.5. The van der Waals surface area contributed by atoms with Gasteiger partial charge in [-0.25, -0.2) is 0 Å². The second kappa shape index (κ2) is 5.78. The lowest BCUT2D eigenvalue weighted by Gasteiger charge is -2.11. The summed E-state index contributed by atoms with van der Waals surface area (Å²) in [4.78, 5) is 2.35. The van der Waals surface area contributed by atoms with Gasteiger partial charge in [-0.2, -0.15) is 13.2 Å². The quantitative estimate of drug-likeness (QED) is 0.617. The normalized spacial score (nSPS) is 13.5. The van der Waals surface area contributed by atoms with E-state index >= 15 is 0 Å². The standard InChI is InChI=1S/C15H14ClF3S/c1-9-7-13(10(2)20-9)14(16)8-11-3-5-12(6-4-11)15(17,18)19/h3-7,14H,8H2,1-2H3. The first-order valence-corrected chi connectivity index (χ1v) is 7.40. The Morgan fingerprint density at radius 1 is 1.15 bits per heavy atom. The van der Waals surface area contributed by atoms with Crippen LogP contribution in [-0.4, -0.2) is 0 Å². The molecule has 1 heterocycles. The summed E-state index contributed by atoms with van der Waals surface area (Å²) >= 11 is 8.05. The molecule has 0 aliphatic rings. The molecule has 1 aromatic carbocycles. The van der Waals surface area contributed by atoms with E-state index in [4.69, 9.17) is 11.6 Å². The van der Waals surface area contributed by atoms with Gasteiger partial charge in [0.15, 0.2) is 0 Å². The van der Waals surface area contributed by atoms with Gasteiger partial charge in [-0.05, 0) is 49.6 Å². The summed E-state index contributed by atoms with van der Waals surface area (Å²) in [5.41, 5.74) is 1.24. The summed E-state index contributed by atoms with van der Waals surface area (Å²) in [5.74, 6) is 0. The lowest BCUT2D eigenvalue weighted by atomic mass is 10.0. The number of hydrogen-bond acceptors (Lipinski definition) is 1. The van der Waals surface area contributed by atoms with Gasteiger partial charge in [0.1, 0.15) is 0 Å². The van der Waals surface area contributed by atoms with Crippen LogP contribution in [0.1, 0.15) is 31.8 Å². The molecule has 0 fully saturated rings. The van der Waals surface area contributed by atoms with Gasteiger partial charge in [0, 0.05) is 9.75 Å². The minimum atomic E-state index is -4.29. The van der Waals surface area contributed by atoms with Crippen LogP contribution in [0.5, 0.6) is 0 Å². The highest BCUT2D eigenvalue weighted by Crippen LogP contribution is 2.34. The first kappa shape index (κ1) is 15.4. The third-order valence-corrected chi connectivity index (χ3v) is 4.48. The summed E-state index contributed by atoms with van der Waals surface area (Å²) in [6.45, 7) is 4.03. The van der Waals surface area contributed by atoms with E-state index in [9.17, 15) is 13.2 Å². The zero-order chi connectivity index (χ0) is 14.9. The Morgan fingerprint density at radius 2 is 1.75 bits per heavy atom. The van der Waals surface area contributed by atoms with E-state index in [1.165, 1.54) is 17.0 Å². The molecule has 0 aliphatic heterocycles. The second-order valence-corrected chi connectivity index (χ2v) is 6.72. The number of alkyl halides is 4. The molecule has 20 heavy (non-hydrogen) atoms. The van der Waals surface area contributed by atoms with Crippen molar-refractivity contribution in [2.75, 3.05) is 0 Å². The molecule has 0 bridgehead atoms. The molecule has 2 rings (SSSR count). The highest BCUT2D eigenvalue weighted by molar-refractivity contribution is 7.12. The van der Waals surface area contributed by atoms with Crippen molar-refractivity contribution in [3.05, 3.63) is 56.8 Å². The van der Waals surface area contributed by atoms with Crippen LogP contribution in [0, 0.1) is 13.8 Å². The molecule has 1 unspecified atom stereocenters. The Bertz CT molecular complexity index is 584. The van der Waals surface area contributed by atoms with E-state index in [1.807, 2.05) is 19.9 Å². The smallest absolute Gasteiger partial charge is 0.166 e. The number of hydrogen-bond donors (Lipinski definition) is 0. The lowest BCUT2D eigenvalue weighted by Crippen LogP contribution is -2.05. The molecule has 0 saturated heterocycles. The number of benzene rings is 1. The summed E-state index contributed by atoms with van der Waals surface area (Å²) in [7, 11) is 0. The Kier molecular flexibility index (Phi) is 4.45. The first-order chi connectivity index (χ1) is 9.27. The van der Waals surface area contributed by atoms with Crippen molar-refractivity contribution >= 4 is 22.9 Å². The average molecular weight is 319 g/mol. The van der Waals surface area contributed by atoms with Crippen LogP contribution in [0.4, 0.5) is 13.2 Å². The fourth-order valence-corrected chi connectivity index (χ4v) is 3.57. The maximum Gasteiger partial charge on any atom is 0.416 e. The summed E-state index contributed by atoms with van der Waals surface area (Å²) < 4.78 is 37.4. The van der Waals surface area contributed by atoms with Crippen LogP contribution in [0.3, 0.4) is 0 Å². The van der Waals surface area contributed by atoms with Gasteiger partial charge in [0.25, 0.3) is 0 Å². The third kappa shape index (κ3) is 3.55. The molecule has 1 atom stereocenters. The Labute approximate surface area is 125 Å². The van der Waals surface area contributed by atoms with Gasteiger partial charge in [-0.3, -0.25) is 0 Å². The van der Waals surface area contributed by atoms with Gasteiger partial charge in [-0.1, -0.05) is 12.1 Å². The molecule has 0 aliphatic carbocycles. The van der Waals surface area contributed by atoms with E-state index in [0.29, 0.717) is 6.42 Å². The fraction of sp³-hybridized carbons (Fsp3) is 0.333. The molecule has 0 amide bonds. The van der Waals surface area contributed by atoms with Crippen LogP contribution in [-0.2, 0) is 12.6 Å². The van der Waals surface area contributed by atoms with Gasteiger partial charge in [0.2, 0.25) is 0 Å². The van der Waals surface area contributed by atoms with Crippen LogP contribution >= 0.6 is 22.9 Å². The monoisotopic (exact) mass is 318 g/mol. The molecule has 0 N–H and O–H groups in total. The van der Waals surface area contributed by atoms with Gasteiger partial charge in [0.05, 0.1) is 10.9 Å². The molecular weight excluding hydrogens is 305 g/mol. The minimum Gasteiger partial charge on any atom is -0.166 e. The topological polar surface area (TPSA) is 0 Å². The third-order valence-electron chi connectivity index (χ3n) is 3.11. The number of halogens is 4. The number of thiophene rings is 1. The van der Waals surface area contributed by atoms with Gasteiger partial charge in [-0.15, -0.1) is 22.9 Å². The minimum absolute atomic E-state index is 0.211. The van der Waals surface area contributed by atoms with Crippen molar-refractivity contribution in [2.45, 2.75) is 31.8 Å². The molecular formula is C15H14ClF3S. The van der Waals surface area contributed by atoms with Crippen molar-refractivity contribution in [2.24, 2.45) is 0 Å². The molecule has 5 heteroatoms. The Balaban J connectivity index is 2.12. The molecule has 0 radical (unpaired) electrons.